The third-order valence-corrected chi connectivity index (χ3v) is 5.07. The van der Waals surface area contributed by atoms with Crippen LogP contribution in [0.15, 0.2) is 85.3 Å². The van der Waals surface area contributed by atoms with Crippen LogP contribution in [0.4, 0.5) is 5.82 Å². The second-order valence-corrected chi connectivity index (χ2v) is 7.39. The van der Waals surface area contributed by atoms with E-state index < -0.39 is 0 Å². The van der Waals surface area contributed by atoms with Crippen LogP contribution < -0.4 is 5.32 Å². The summed E-state index contributed by atoms with van der Waals surface area (Å²) in [4.78, 5) is 21.4. The van der Waals surface area contributed by atoms with Crippen LogP contribution in [0.1, 0.15) is 5.69 Å². The van der Waals surface area contributed by atoms with Gasteiger partial charge in [0.1, 0.15) is 16.2 Å². The first-order chi connectivity index (χ1) is 15.3. The van der Waals surface area contributed by atoms with Crippen LogP contribution in [0.3, 0.4) is 0 Å². The lowest BCUT2D eigenvalue weighted by atomic mass is 10.0. The lowest BCUT2D eigenvalue weighted by Crippen LogP contribution is -2.06. The molecule has 0 atom stereocenters. The Bertz CT molecular complexity index is 1400. The maximum Gasteiger partial charge on any atom is 0.180 e. The smallest absolute Gasteiger partial charge is 0.180 e. The molecule has 150 valence electrons. The number of hydrogen-bond donors (Lipinski definition) is 2. The molecule has 0 saturated heterocycles. The molecule has 0 fully saturated rings. The fourth-order valence-electron chi connectivity index (χ4n) is 3.46. The van der Waals surface area contributed by atoms with Crippen molar-refractivity contribution in [3.8, 4) is 22.6 Å². The third-order valence-electron chi connectivity index (χ3n) is 4.87. The van der Waals surface area contributed by atoms with Crippen molar-refractivity contribution >= 4 is 28.9 Å². The average molecular weight is 423 g/mol. The van der Waals surface area contributed by atoms with Gasteiger partial charge in [0, 0.05) is 6.20 Å². The standard InChI is InChI=1S/C24H18N6S/c31-21-15-25-14-20(28-21)23-29-19-11-6-10-18(16-7-2-1-3-8-16)22(19)24(30-23)27-13-17-9-4-5-12-26-17/h1-12,14-15H,13H2,(H,28,31)(H,27,29,30). The van der Waals surface area contributed by atoms with E-state index in [4.69, 9.17) is 22.2 Å². The molecule has 0 saturated carbocycles. The Kier molecular flexibility index (Phi) is 5.16. The number of H-pyrrole nitrogens is 1. The van der Waals surface area contributed by atoms with Crippen molar-refractivity contribution < 1.29 is 0 Å². The topological polar surface area (TPSA) is 79.4 Å². The predicted octanol–water partition coefficient (Wildman–Crippen LogP) is 5.42. The van der Waals surface area contributed by atoms with Gasteiger partial charge in [-0.25, -0.2) is 9.97 Å². The fraction of sp³-hybridized carbons (Fsp3) is 0.0417. The van der Waals surface area contributed by atoms with Crippen LogP contribution in [0.5, 0.6) is 0 Å². The molecule has 0 amide bonds. The van der Waals surface area contributed by atoms with Gasteiger partial charge < -0.3 is 10.3 Å². The molecule has 5 rings (SSSR count). The summed E-state index contributed by atoms with van der Waals surface area (Å²) in [6.07, 6.45) is 5.06. The number of rotatable bonds is 5. The maximum absolute atomic E-state index is 5.23. The van der Waals surface area contributed by atoms with E-state index in [0.717, 1.165) is 33.5 Å². The van der Waals surface area contributed by atoms with Gasteiger partial charge in [-0.2, -0.15) is 0 Å². The van der Waals surface area contributed by atoms with E-state index in [1.165, 1.54) is 0 Å². The van der Waals surface area contributed by atoms with Crippen LogP contribution in [-0.2, 0) is 6.54 Å². The Morgan fingerprint density at radius 3 is 2.55 bits per heavy atom. The predicted molar refractivity (Wildman–Crippen MR) is 125 cm³/mol. The number of nitrogens with zero attached hydrogens (tertiary/aromatic N) is 4. The second-order valence-electron chi connectivity index (χ2n) is 6.95. The zero-order chi connectivity index (χ0) is 21.0. The molecule has 0 aliphatic rings. The first-order valence-corrected chi connectivity index (χ1v) is 10.2. The Hall–Kier alpha value is -3.97. The van der Waals surface area contributed by atoms with Crippen LogP contribution in [0.2, 0.25) is 0 Å². The van der Waals surface area contributed by atoms with Gasteiger partial charge in [-0.3, -0.25) is 9.97 Å². The molecular formula is C24H18N6S. The van der Waals surface area contributed by atoms with Crippen molar-refractivity contribution in [2.45, 2.75) is 6.54 Å². The first-order valence-electron chi connectivity index (χ1n) is 9.82. The Labute approximate surface area is 184 Å². The number of aromatic amines is 1. The van der Waals surface area contributed by atoms with Crippen molar-refractivity contribution in [1.29, 1.82) is 0 Å². The molecule has 0 spiro atoms. The van der Waals surface area contributed by atoms with Gasteiger partial charge in [-0.15, -0.1) is 0 Å². The Balaban J connectivity index is 1.69. The lowest BCUT2D eigenvalue weighted by molar-refractivity contribution is 1.03. The molecule has 7 heteroatoms. The lowest BCUT2D eigenvalue weighted by Gasteiger charge is -2.14. The highest BCUT2D eigenvalue weighted by molar-refractivity contribution is 7.71. The fourth-order valence-corrected chi connectivity index (χ4v) is 3.63. The molecule has 0 aliphatic carbocycles. The van der Waals surface area contributed by atoms with E-state index in [0.29, 0.717) is 22.7 Å². The summed E-state index contributed by atoms with van der Waals surface area (Å²) in [6, 6.07) is 22.2. The maximum atomic E-state index is 5.23. The molecule has 6 nitrogen and oxygen atoms in total. The first kappa shape index (κ1) is 19.0. The molecular weight excluding hydrogens is 404 g/mol. The number of benzene rings is 2. The van der Waals surface area contributed by atoms with Crippen LogP contribution >= 0.6 is 12.2 Å². The van der Waals surface area contributed by atoms with Gasteiger partial charge in [0.2, 0.25) is 0 Å². The summed E-state index contributed by atoms with van der Waals surface area (Å²) < 4.78 is 0.530. The molecule has 0 aliphatic heterocycles. The number of anilines is 1. The van der Waals surface area contributed by atoms with E-state index in [1.807, 2.05) is 48.5 Å². The number of nitrogens with one attached hydrogen (secondary N) is 2. The minimum atomic E-state index is 0.528. The molecule has 3 heterocycles. The van der Waals surface area contributed by atoms with Crippen molar-refractivity contribution in [3.63, 3.8) is 0 Å². The van der Waals surface area contributed by atoms with Crippen molar-refractivity contribution in [1.82, 2.24) is 24.9 Å². The highest BCUT2D eigenvalue weighted by Crippen LogP contribution is 2.33. The Morgan fingerprint density at radius 2 is 1.74 bits per heavy atom. The highest BCUT2D eigenvalue weighted by Gasteiger charge is 2.14. The molecule has 2 aromatic carbocycles. The van der Waals surface area contributed by atoms with E-state index in [-0.39, 0.29) is 0 Å². The summed E-state index contributed by atoms with van der Waals surface area (Å²) in [7, 11) is 0. The molecule has 2 N–H and O–H groups in total. The van der Waals surface area contributed by atoms with E-state index in [2.05, 4.69) is 38.5 Å². The molecule has 0 bridgehead atoms. The molecule has 5 aromatic rings. The summed E-state index contributed by atoms with van der Waals surface area (Å²) >= 11 is 5.23. The van der Waals surface area contributed by atoms with E-state index >= 15 is 0 Å². The minimum Gasteiger partial charge on any atom is -0.364 e. The summed E-state index contributed by atoms with van der Waals surface area (Å²) in [5, 5.41) is 4.42. The summed E-state index contributed by atoms with van der Waals surface area (Å²) in [5.41, 5.74) is 4.59. The zero-order valence-corrected chi connectivity index (χ0v) is 17.3. The number of aromatic nitrogens is 5. The van der Waals surface area contributed by atoms with Crippen LogP contribution in [0, 0.1) is 4.64 Å². The van der Waals surface area contributed by atoms with Gasteiger partial charge in [0.25, 0.3) is 0 Å². The number of pyridine rings is 1. The summed E-state index contributed by atoms with van der Waals surface area (Å²) in [6.45, 7) is 0.540. The van der Waals surface area contributed by atoms with Gasteiger partial charge in [-0.05, 0) is 29.3 Å². The summed E-state index contributed by atoms with van der Waals surface area (Å²) in [5.74, 6) is 1.26. The number of fused-ring (bicyclic) bond motifs is 1. The van der Waals surface area contributed by atoms with E-state index in [1.54, 1.807) is 18.6 Å². The van der Waals surface area contributed by atoms with Gasteiger partial charge in [0.15, 0.2) is 5.82 Å². The van der Waals surface area contributed by atoms with Gasteiger partial charge >= 0.3 is 0 Å². The van der Waals surface area contributed by atoms with Gasteiger partial charge in [-0.1, -0.05) is 60.7 Å². The largest absolute Gasteiger partial charge is 0.364 e. The quantitative estimate of drug-likeness (QED) is 0.368. The Morgan fingerprint density at radius 1 is 0.871 bits per heavy atom. The minimum absolute atomic E-state index is 0.528. The van der Waals surface area contributed by atoms with Crippen molar-refractivity contribution in [2.24, 2.45) is 0 Å². The zero-order valence-electron chi connectivity index (χ0n) is 16.5. The van der Waals surface area contributed by atoms with Crippen molar-refractivity contribution in [2.75, 3.05) is 5.32 Å². The monoisotopic (exact) mass is 422 g/mol. The molecule has 0 radical (unpaired) electrons. The normalized spacial score (nSPS) is 10.8. The second kappa shape index (κ2) is 8.41. The highest BCUT2D eigenvalue weighted by atomic mass is 32.1. The molecule has 0 unspecified atom stereocenters. The third kappa shape index (κ3) is 4.04. The molecule has 31 heavy (non-hydrogen) atoms. The average Bonchev–Trinajstić information content (AvgIpc) is 2.83. The van der Waals surface area contributed by atoms with Crippen molar-refractivity contribution in [3.05, 3.63) is 95.7 Å². The van der Waals surface area contributed by atoms with Crippen LogP contribution in [0.25, 0.3) is 33.5 Å². The van der Waals surface area contributed by atoms with E-state index in [9.17, 15) is 0 Å². The number of hydrogen-bond acceptors (Lipinski definition) is 6. The molecule has 3 aromatic heterocycles. The van der Waals surface area contributed by atoms with Crippen LogP contribution in [-0.4, -0.2) is 24.9 Å². The SMILES string of the molecule is S=c1cncc(-c2nc(NCc3ccccn3)c3c(-c4ccccc4)cccc3n2)[nH]1. The van der Waals surface area contributed by atoms with Gasteiger partial charge in [0.05, 0.1) is 35.5 Å².